The fraction of sp³-hybridized carbons (Fsp3) is 0.455. The van der Waals surface area contributed by atoms with Crippen molar-refractivity contribution < 1.29 is 14.9 Å². The summed E-state index contributed by atoms with van der Waals surface area (Å²) in [5, 5.41) is 19.5. The highest BCUT2D eigenvalue weighted by Gasteiger charge is 2.21. The van der Waals surface area contributed by atoms with Gasteiger partial charge in [-0.3, -0.25) is 0 Å². The molecule has 0 heterocycles. The molecule has 0 amide bonds. The zero-order valence-electron chi connectivity index (χ0n) is 8.93. The molecule has 5 heteroatoms. The molecule has 0 bridgehead atoms. The standard InChI is InChI=1S/C11H15BrO3S/c1-2-15-10-4-3-7(12)5-8(10)11(14)9(13)6-16/h3-5,9,11,13-14,16H,2,6H2,1H3. The number of ether oxygens (including phenoxy) is 1. The SMILES string of the molecule is CCOc1ccc(Br)cc1C(O)C(O)CS. The Morgan fingerprint density at radius 3 is 2.69 bits per heavy atom. The molecule has 0 aliphatic carbocycles. The summed E-state index contributed by atoms with van der Waals surface area (Å²) in [6.07, 6.45) is -1.90. The second-order valence-corrected chi connectivity index (χ2v) is 4.59. The maximum absolute atomic E-state index is 9.92. The van der Waals surface area contributed by atoms with Gasteiger partial charge in [0.1, 0.15) is 11.9 Å². The van der Waals surface area contributed by atoms with Gasteiger partial charge in [0.15, 0.2) is 0 Å². The first-order chi connectivity index (χ1) is 7.60. The van der Waals surface area contributed by atoms with E-state index in [1.165, 1.54) is 0 Å². The van der Waals surface area contributed by atoms with Crippen LogP contribution in [0.25, 0.3) is 0 Å². The van der Waals surface area contributed by atoms with Gasteiger partial charge in [0.2, 0.25) is 0 Å². The van der Waals surface area contributed by atoms with Crippen LogP contribution < -0.4 is 4.74 Å². The Kier molecular flexibility index (Phi) is 5.61. The Labute approximate surface area is 109 Å². The van der Waals surface area contributed by atoms with Gasteiger partial charge in [0.05, 0.1) is 12.7 Å². The molecule has 0 fully saturated rings. The van der Waals surface area contributed by atoms with Crippen molar-refractivity contribution in [3.05, 3.63) is 28.2 Å². The number of halogens is 1. The minimum absolute atomic E-state index is 0.194. The van der Waals surface area contributed by atoms with Gasteiger partial charge in [0, 0.05) is 15.8 Å². The molecule has 1 rings (SSSR count). The Hall–Kier alpha value is -0.230. The summed E-state index contributed by atoms with van der Waals surface area (Å²) >= 11 is 7.27. The highest BCUT2D eigenvalue weighted by molar-refractivity contribution is 9.10. The van der Waals surface area contributed by atoms with E-state index in [4.69, 9.17) is 4.74 Å². The lowest BCUT2D eigenvalue weighted by Gasteiger charge is -2.19. The predicted molar refractivity (Wildman–Crippen MR) is 70.1 cm³/mol. The highest BCUT2D eigenvalue weighted by atomic mass is 79.9. The number of aliphatic hydroxyl groups is 2. The maximum Gasteiger partial charge on any atom is 0.125 e. The molecule has 3 nitrogen and oxygen atoms in total. The van der Waals surface area contributed by atoms with Crippen molar-refractivity contribution in [2.45, 2.75) is 19.1 Å². The maximum atomic E-state index is 9.92. The van der Waals surface area contributed by atoms with Gasteiger partial charge in [-0.25, -0.2) is 0 Å². The van der Waals surface area contributed by atoms with Crippen LogP contribution in [0.5, 0.6) is 5.75 Å². The van der Waals surface area contributed by atoms with E-state index in [9.17, 15) is 10.2 Å². The van der Waals surface area contributed by atoms with Gasteiger partial charge in [-0.1, -0.05) is 15.9 Å². The van der Waals surface area contributed by atoms with Crippen molar-refractivity contribution in [2.75, 3.05) is 12.4 Å². The van der Waals surface area contributed by atoms with Crippen LogP contribution in [0, 0.1) is 0 Å². The third kappa shape index (κ3) is 3.38. The number of thiol groups is 1. The molecule has 0 aliphatic rings. The van der Waals surface area contributed by atoms with Crippen molar-refractivity contribution >= 4 is 28.6 Å². The molecule has 0 spiro atoms. The molecule has 90 valence electrons. The van der Waals surface area contributed by atoms with E-state index >= 15 is 0 Å². The van der Waals surface area contributed by atoms with Crippen molar-refractivity contribution in [3.8, 4) is 5.75 Å². The fourth-order valence-electron chi connectivity index (χ4n) is 1.34. The van der Waals surface area contributed by atoms with Gasteiger partial charge in [-0.2, -0.15) is 12.6 Å². The lowest BCUT2D eigenvalue weighted by atomic mass is 10.0. The van der Waals surface area contributed by atoms with E-state index in [1.54, 1.807) is 12.1 Å². The molecule has 16 heavy (non-hydrogen) atoms. The van der Waals surface area contributed by atoms with E-state index in [1.807, 2.05) is 13.0 Å². The molecule has 0 radical (unpaired) electrons. The summed E-state index contributed by atoms with van der Waals surface area (Å²) in [5.74, 6) is 0.776. The normalized spacial score (nSPS) is 14.6. The summed E-state index contributed by atoms with van der Waals surface area (Å²) in [6.45, 7) is 2.38. The lowest BCUT2D eigenvalue weighted by Crippen LogP contribution is -2.20. The molecule has 2 atom stereocenters. The molecular weight excluding hydrogens is 292 g/mol. The molecule has 1 aromatic carbocycles. The van der Waals surface area contributed by atoms with Crippen LogP contribution in [-0.4, -0.2) is 28.7 Å². The predicted octanol–water partition coefficient (Wildman–Crippen LogP) is 2.17. The Bertz CT molecular complexity index is 346. The minimum atomic E-state index is -0.989. The minimum Gasteiger partial charge on any atom is -0.493 e. The van der Waals surface area contributed by atoms with Crippen molar-refractivity contribution in [3.63, 3.8) is 0 Å². The monoisotopic (exact) mass is 306 g/mol. The fourth-order valence-corrected chi connectivity index (χ4v) is 1.92. The van der Waals surface area contributed by atoms with Gasteiger partial charge in [-0.15, -0.1) is 0 Å². The molecule has 2 N–H and O–H groups in total. The Morgan fingerprint density at radius 2 is 2.12 bits per heavy atom. The molecular formula is C11H15BrO3S. The first-order valence-corrected chi connectivity index (χ1v) is 6.42. The van der Waals surface area contributed by atoms with Crippen LogP contribution in [0.3, 0.4) is 0 Å². The Morgan fingerprint density at radius 1 is 1.44 bits per heavy atom. The number of hydrogen-bond donors (Lipinski definition) is 3. The third-order valence-corrected chi connectivity index (χ3v) is 3.01. The first kappa shape index (κ1) is 13.8. The average molecular weight is 307 g/mol. The molecule has 2 unspecified atom stereocenters. The summed E-state index contributed by atoms with van der Waals surface area (Å²) in [4.78, 5) is 0. The summed E-state index contributed by atoms with van der Waals surface area (Å²) in [7, 11) is 0. The number of aliphatic hydroxyl groups excluding tert-OH is 2. The van der Waals surface area contributed by atoms with Crippen LogP contribution in [0.15, 0.2) is 22.7 Å². The van der Waals surface area contributed by atoms with Gasteiger partial charge in [0.25, 0.3) is 0 Å². The van der Waals surface area contributed by atoms with Gasteiger partial charge >= 0.3 is 0 Å². The molecule has 0 aromatic heterocycles. The first-order valence-electron chi connectivity index (χ1n) is 4.99. The lowest BCUT2D eigenvalue weighted by molar-refractivity contribution is 0.0319. The second-order valence-electron chi connectivity index (χ2n) is 3.31. The second kappa shape index (κ2) is 6.49. The van der Waals surface area contributed by atoms with Crippen molar-refractivity contribution in [2.24, 2.45) is 0 Å². The molecule has 0 aliphatic heterocycles. The topological polar surface area (TPSA) is 49.7 Å². The number of benzene rings is 1. The van der Waals surface area contributed by atoms with E-state index < -0.39 is 12.2 Å². The van der Waals surface area contributed by atoms with Crippen LogP contribution in [0.4, 0.5) is 0 Å². The highest BCUT2D eigenvalue weighted by Crippen LogP contribution is 2.30. The van der Waals surface area contributed by atoms with E-state index in [2.05, 4.69) is 28.6 Å². The quantitative estimate of drug-likeness (QED) is 0.731. The van der Waals surface area contributed by atoms with Gasteiger partial charge < -0.3 is 14.9 Å². The summed E-state index contributed by atoms with van der Waals surface area (Å²) < 4.78 is 6.22. The van der Waals surface area contributed by atoms with Crippen LogP contribution in [0.2, 0.25) is 0 Å². The number of hydrogen-bond acceptors (Lipinski definition) is 4. The van der Waals surface area contributed by atoms with Crippen LogP contribution in [-0.2, 0) is 0 Å². The molecule has 0 saturated carbocycles. The van der Waals surface area contributed by atoms with Crippen molar-refractivity contribution in [1.82, 2.24) is 0 Å². The average Bonchev–Trinajstić information content (AvgIpc) is 2.29. The van der Waals surface area contributed by atoms with E-state index in [0.717, 1.165) is 4.47 Å². The smallest absolute Gasteiger partial charge is 0.125 e. The Balaban J connectivity index is 3.03. The third-order valence-electron chi connectivity index (χ3n) is 2.14. The van der Waals surface area contributed by atoms with Crippen molar-refractivity contribution in [1.29, 1.82) is 0 Å². The number of rotatable bonds is 5. The van der Waals surface area contributed by atoms with Crippen LogP contribution >= 0.6 is 28.6 Å². The molecule has 0 saturated heterocycles. The largest absolute Gasteiger partial charge is 0.493 e. The summed E-state index contributed by atoms with van der Waals surface area (Å²) in [6, 6.07) is 5.33. The van der Waals surface area contributed by atoms with Gasteiger partial charge in [-0.05, 0) is 25.1 Å². The summed E-state index contributed by atoms with van der Waals surface area (Å²) in [5.41, 5.74) is 0.567. The zero-order chi connectivity index (χ0) is 12.1. The van der Waals surface area contributed by atoms with E-state index in [0.29, 0.717) is 17.9 Å². The zero-order valence-corrected chi connectivity index (χ0v) is 11.4. The van der Waals surface area contributed by atoms with E-state index in [-0.39, 0.29) is 5.75 Å². The molecule has 1 aromatic rings. The van der Waals surface area contributed by atoms with Crippen LogP contribution in [0.1, 0.15) is 18.6 Å².